The van der Waals surface area contributed by atoms with Crippen molar-refractivity contribution in [2.24, 2.45) is 5.73 Å². The molecule has 19 heavy (non-hydrogen) atoms. The van der Waals surface area contributed by atoms with Gasteiger partial charge >= 0.3 is 0 Å². The van der Waals surface area contributed by atoms with E-state index >= 15 is 0 Å². The fraction of sp³-hybridized carbons (Fsp3) is 0.600. The van der Waals surface area contributed by atoms with E-state index in [1.807, 2.05) is 17.0 Å². The molecule has 0 aliphatic carbocycles. The number of hydrogen-bond donors (Lipinski definition) is 1. The third-order valence-electron chi connectivity index (χ3n) is 3.65. The predicted octanol–water partition coefficient (Wildman–Crippen LogP) is 2.26. The molecule has 0 spiro atoms. The molecule has 0 bridgehead atoms. The molecule has 4 nitrogen and oxygen atoms in total. The van der Waals surface area contributed by atoms with Gasteiger partial charge in [-0.1, -0.05) is 0 Å². The zero-order valence-corrected chi connectivity index (χ0v) is 12.0. The summed E-state index contributed by atoms with van der Waals surface area (Å²) in [6, 6.07) is 3.84. The lowest BCUT2D eigenvalue weighted by Gasteiger charge is -2.43. The van der Waals surface area contributed by atoms with Crippen molar-refractivity contribution in [2.45, 2.75) is 57.7 Å². The molecule has 2 rings (SSSR count). The molecule has 2 heterocycles. The van der Waals surface area contributed by atoms with Crippen molar-refractivity contribution in [1.82, 2.24) is 9.88 Å². The Bertz CT molecular complexity index is 438. The van der Waals surface area contributed by atoms with E-state index in [1.165, 1.54) is 0 Å². The van der Waals surface area contributed by atoms with Gasteiger partial charge in [0, 0.05) is 30.4 Å². The summed E-state index contributed by atoms with van der Waals surface area (Å²) >= 11 is 0. The highest BCUT2D eigenvalue weighted by molar-refractivity contribution is 5.78. The average Bonchev–Trinajstić information content (AvgIpc) is 2.49. The molecule has 2 N–H and O–H groups in total. The first-order valence-corrected chi connectivity index (χ1v) is 6.89. The Kier molecular flexibility index (Phi) is 3.90. The number of nitrogens with two attached hydrogens (primary N) is 1. The van der Waals surface area contributed by atoms with E-state index in [0.717, 1.165) is 18.4 Å². The van der Waals surface area contributed by atoms with Crippen LogP contribution in [0.2, 0.25) is 0 Å². The van der Waals surface area contributed by atoms with E-state index in [4.69, 9.17) is 5.73 Å². The lowest BCUT2D eigenvalue weighted by Crippen LogP contribution is -2.51. The van der Waals surface area contributed by atoms with E-state index in [0.29, 0.717) is 6.42 Å². The number of pyridine rings is 1. The van der Waals surface area contributed by atoms with Crippen molar-refractivity contribution >= 4 is 5.91 Å². The van der Waals surface area contributed by atoms with E-state index in [9.17, 15) is 4.79 Å². The largest absolute Gasteiger partial charge is 0.329 e. The lowest BCUT2D eigenvalue weighted by atomic mass is 9.93. The molecule has 1 aliphatic heterocycles. The van der Waals surface area contributed by atoms with E-state index in [-0.39, 0.29) is 23.5 Å². The van der Waals surface area contributed by atoms with Crippen LogP contribution in [0.3, 0.4) is 0 Å². The average molecular weight is 261 g/mol. The smallest absolute Gasteiger partial charge is 0.223 e. The first-order valence-electron chi connectivity index (χ1n) is 6.89. The first kappa shape index (κ1) is 14.0. The molecule has 1 saturated heterocycles. The second-order valence-electron chi connectivity index (χ2n) is 6.22. The second-order valence-corrected chi connectivity index (χ2v) is 6.22. The molecule has 104 valence electrons. The molecular formula is C15H23N3O. The van der Waals surface area contributed by atoms with Gasteiger partial charge in [0.15, 0.2) is 0 Å². The van der Waals surface area contributed by atoms with Crippen molar-refractivity contribution < 1.29 is 4.79 Å². The van der Waals surface area contributed by atoms with Crippen LogP contribution in [0.15, 0.2) is 24.5 Å². The second kappa shape index (κ2) is 5.29. The Morgan fingerprint density at radius 1 is 1.32 bits per heavy atom. The van der Waals surface area contributed by atoms with Crippen molar-refractivity contribution in [3.63, 3.8) is 0 Å². The monoisotopic (exact) mass is 261 g/mol. The number of aromatic nitrogens is 1. The van der Waals surface area contributed by atoms with E-state index in [2.05, 4.69) is 25.8 Å². The quantitative estimate of drug-likeness (QED) is 0.843. The maximum absolute atomic E-state index is 12.4. The van der Waals surface area contributed by atoms with Crippen LogP contribution < -0.4 is 5.73 Å². The summed E-state index contributed by atoms with van der Waals surface area (Å²) in [5, 5.41) is 0. The van der Waals surface area contributed by atoms with Gasteiger partial charge in [0.25, 0.3) is 0 Å². The van der Waals surface area contributed by atoms with Crippen molar-refractivity contribution in [1.29, 1.82) is 0 Å². The number of hydrogen-bond acceptors (Lipinski definition) is 3. The molecule has 2 unspecified atom stereocenters. The minimum atomic E-state index is -0.229. The normalized spacial score (nSPS) is 25.3. The fourth-order valence-electron chi connectivity index (χ4n) is 2.86. The lowest BCUT2D eigenvalue weighted by molar-refractivity contribution is -0.139. The van der Waals surface area contributed by atoms with Gasteiger partial charge < -0.3 is 10.6 Å². The number of carbonyl (C=O) groups excluding carboxylic acids is 1. The van der Waals surface area contributed by atoms with Crippen LogP contribution in [-0.2, 0) is 4.79 Å². The highest BCUT2D eigenvalue weighted by Gasteiger charge is 2.38. The Morgan fingerprint density at radius 2 is 1.95 bits per heavy atom. The fourth-order valence-corrected chi connectivity index (χ4v) is 2.86. The molecule has 0 aromatic carbocycles. The Morgan fingerprint density at radius 3 is 2.53 bits per heavy atom. The summed E-state index contributed by atoms with van der Waals surface area (Å²) < 4.78 is 0. The van der Waals surface area contributed by atoms with E-state index < -0.39 is 0 Å². The van der Waals surface area contributed by atoms with Gasteiger partial charge in [-0.3, -0.25) is 9.78 Å². The Hall–Kier alpha value is -1.42. The topological polar surface area (TPSA) is 59.2 Å². The maximum atomic E-state index is 12.4. The summed E-state index contributed by atoms with van der Waals surface area (Å²) in [5.41, 5.74) is 7.19. The minimum Gasteiger partial charge on any atom is -0.329 e. The van der Waals surface area contributed by atoms with Crippen molar-refractivity contribution in [3.05, 3.63) is 30.1 Å². The Labute approximate surface area is 115 Å². The minimum absolute atomic E-state index is 0.0203. The summed E-state index contributed by atoms with van der Waals surface area (Å²) in [5.74, 6) is 0.197. The molecule has 0 saturated carbocycles. The highest BCUT2D eigenvalue weighted by Crippen LogP contribution is 2.35. The third kappa shape index (κ3) is 2.95. The molecule has 1 amide bonds. The van der Waals surface area contributed by atoms with Crippen LogP contribution in [0.5, 0.6) is 0 Å². The summed E-state index contributed by atoms with van der Waals surface area (Å²) in [7, 11) is 0. The van der Waals surface area contributed by atoms with Gasteiger partial charge in [0.2, 0.25) is 5.91 Å². The number of likely N-dealkylation sites (tertiary alicyclic amines) is 1. The predicted molar refractivity (Wildman–Crippen MR) is 75.4 cm³/mol. The number of nitrogens with zero attached hydrogens (tertiary/aromatic N) is 2. The van der Waals surface area contributed by atoms with Gasteiger partial charge in [-0.25, -0.2) is 0 Å². The van der Waals surface area contributed by atoms with Crippen molar-refractivity contribution in [3.8, 4) is 0 Å². The van der Waals surface area contributed by atoms with Crippen LogP contribution >= 0.6 is 0 Å². The van der Waals surface area contributed by atoms with Crippen LogP contribution in [0.1, 0.15) is 51.6 Å². The molecule has 1 aromatic rings. The third-order valence-corrected chi connectivity index (χ3v) is 3.65. The van der Waals surface area contributed by atoms with Gasteiger partial charge in [-0.2, -0.15) is 0 Å². The number of rotatable bonds is 1. The van der Waals surface area contributed by atoms with Crippen LogP contribution in [0.4, 0.5) is 0 Å². The first-order chi connectivity index (χ1) is 8.91. The molecule has 1 aromatic heterocycles. The van der Waals surface area contributed by atoms with Crippen molar-refractivity contribution in [2.75, 3.05) is 0 Å². The summed E-state index contributed by atoms with van der Waals surface area (Å²) in [6.07, 6.45) is 5.86. The Balaban J connectivity index is 2.46. The SMILES string of the molecule is CC(C)(C)N1C(=O)CCCC(N)C1c1ccncc1. The molecule has 1 aliphatic rings. The zero-order chi connectivity index (χ0) is 14.0. The molecular weight excluding hydrogens is 238 g/mol. The van der Waals surface area contributed by atoms with Gasteiger partial charge in [0.05, 0.1) is 6.04 Å². The molecule has 4 heteroatoms. The summed E-state index contributed by atoms with van der Waals surface area (Å²) in [6.45, 7) is 6.20. The summed E-state index contributed by atoms with van der Waals surface area (Å²) in [4.78, 5) is 18.5. The highest BCUT2D eigenvalue weighted by atomic mass is 16.2. The standard InChI is InChI=1S/C15H23N3O/c1-15(2,3)18-13(19)6-4-5-12(16)14(18)11-7-9-17-10-8-11/h7-10,12,14H,4-6,16H2,1-3H3. The van der Waals surface area contributed by atoms with Crippen LogP contribution in [0, 0.1) is 0 Å². The van der Waals surface area contributed by atoms with Gasteiger partial charge in [-0.15, -0.1) is 0 Å². The molecule has 0 radical (unpaired) electrons. The maximum Gasteiger partial charge on any atom is 0.223 e. The molecule has 2 atom stereocenters. The van der Waals surface area contributed by atoms with Crippen LogP contribution in [-0.4, -0.2) is 27.4 Å². The van der Waals surface area contributed by atoms with Gasteiger partial charge in [0.1, 0.15) is 0 Å². The van der Waals surface area contributed by atoms with E-state index in [1.54, 1.807) is 12.4 Å². The van der Waals surface area contributed by atoms with Gasteiger partial charge in [-0.05, 0) is 51.3 Å². The zero-order valence-electron chi connectivity index (χ0n) is 12.0. The van der Waals surface area contributed by atoms with Crippen LogP contribution in [0.25, 0.3) is 0 Å². The number of amides is 1. The number of carbonyl (C=O) groups is 1. The molecule has 1 fully saturated rings.